The van der Waals surface area contributed by atoms with E-state index in [1.807, 2.05) is 93.6 Å². The zero-order chi connectivity index (χ0) is 45.7. The molecule has 0 saturated carbocycles. The largest absolute Gasteiger partial charge is 0.495 e. The Labute approximate surface area is 370 Å². The molecule has 3 N–H and O–H groups in total. The first kappa shape index (κ1) is 49.6. The average Bonchev–Trinajstić information content (AvgIpc) is 3.30. The van der Waals surface area contributed by atoms with Gasteiger partial charge in [0.15, 0.2) is 18.3 Å². The van der Waals surface area contributed by atoms with E-state index in [9.17, 15) is 29.7 Å². The van der Waals surface area contributed by atoms with Gasteiger partial charge in [-0.25, -0.2) is 0 Å². The van der Waals surface area contributed by atoms with Gasteiger partial charge in [-0.15, -0.1) is 0 Å². The fourth-order valence-electron chi connectivity index (χ4n) is 6.19. The van der Waals surface area contributed by atoms with Crippen LogP contribution in [0.5, 0.6) is 0 Å². The van der Waals surface area contributed by atoms with Gasteiger partial charge in [0.05, 0.1) is 76.4 Å². The molecule has 0 aliphatic carbocycles. The predicted octanol–water partition coefficient (Wildman–Crippen LogP) is 5.55. The van der Waals surface area contributed by atoms with Crippen molar-refractivity contribution >= 4 is 35.0 Å². The van der Waals surface area contributed by atoms with Crippen LogP contribution in [0.1, 0.15) is 58.2 Å². The Hall–Kier alpha value is -6.03. The molecule has 15 nitrogen and oxygen atoms in total. The number of esters is 3. The molecule has 0 amide bonds. The summed E-state index contributed by atoms with van der Waals surface area (Å²) in [5, 5.41) is 29.1. The molecule has 1 fully saturated rings. The van der Waals surface area contributed by atoms with Crippen LogP contribution in [0, 0.1) is 0 Å². The third-order valence-electron chi connectivity index (χ3n) is 10.2. The van der Waals surface area contributed by atoms with Gasteiger partial charge in [0.25, 0.3) is 0 Å². The van der Waals surface area contributed by atoms with Gasteiger partial charge >= 0.3 is 17.9 Å². The first-order valence-corrected chi connectivity index (χ1v) is 21.1. The highest BCUT2D eigenvalue weighted by molar-refractivity contribution is 5.74. The number of rotatable bonds is 24. The van der Waals surface area contributed by atoms with Crippen molar-refractivity contribution in [2.45, 2.75) is 79.1 Å². The summed E-state index contributed by atoms with van der Waals surface area (Å²) in [6.07, 6.45) is 3.07. The number of hydrogen-bond donors (Lipinski definition) is 3. The van der Waals surface area contributed by atoms with E-state index in [1.165, 1.54) is 0 Å². The van der Waals surface area contributed by atoms with Crippen LogP contribution in [0.3, 0.4) is 0 Å². The number of hydrogen-bond acceptors (Lipinski definition) is 15. The van der Waals surface area contributed by atoms with Crippen LogP contribution in [0.25, 0.3) is 0 Å². The minimum atomic E-state index is -0.782. The van der Waals surface area contributed by atoms with E-state index < -0.39 is 36.2 Å². The number of carbonyl (C=O) groups is 3. The molecule has 1 saturated heterocycles. The number of benzene rings is 3. The Balaban J connectivity index is 1.48. The number of aliphatic hydroxyl groups is 3. The third kappa shape index (κ3) is 16.6. The van der Waals surface area contributed by atoms with Crippen molar-refractivity contribution < 1.29 is 58.1 Å². The van der Waals surface area contributed by atoms with Gasteiger partial charge in [-0.1, -0.05) is 54.6 Å². The molecular weight excluding hydrogens is 811 g/mol. The quantitative estimate of drug-likeness (QED) is 0.0580. The van der Waals surface area contributed by atoms with Gasteiger partial charge in [-0.05, 0) is 94.6 Å². The van der Waals surface area contributed by atoms with Crippen LogP contribution in [-0.4, -0.2) is 111 Å². The molecule has 4 rings (SSSR count). The molecule has 0 aromatic heterocycles. The van der Waals surface area contributed by atoms with Crippen molar-refractivity contribution in [2.24, 2.45) is 0 Å². The normalized spacial score (nSPS) is 15.0. The smallest absolute Gasteiger partial charge is 0.310 e. The lowest BCUT2D eigenvalue weighted by Crippen LogP contribution is -2.55. The summed E-state index contributed by atoms with van der Waals surface area (Å²) in [4.78, 5) is 44.9. The van der Waals surface area contributed by atoms with Crippen molar-refractivity contribution in [3.8, 4) is 0 Å². The molecule has 0 radical (unpaired) electrons. The monoisotopic (exact) mass is 873 g/mol. The Bertz CT molecular complexity index is 1750. The molecule has 63 heavy (non-hydrogen) atoms. The molecular formula is C48H63N3O12. The molecule has 3 atom stereocenters. The zero-order valence-corrected chi connectivity index (χ0v) is 37.2. The maximum Gasteiger partial charge on any atom is 0.310 e. The van der Waals surface area contributed by atoms with Crippen molar-refractivity contribution in [1.29, 1.82) is 0 Å². The Morgan fingerprint density at radius 3 is 0.921 bits per heavy atom. The number of aliphatic hydroxyl groups excluding tert-OH is 3. The van der Waals surface area contributed by atoms with Crippen LogP contribution in [0.15, 0.2) is 108 Å². The second-order valence-corrected chi connectivity index (χ2v) is 15.1. The van der Waals surface area contributed by atoms with Gasteiger partial charge in [-0.3, -0.25) is 14.4 Å². The maximum atomic E-state index is 12.8. The second kappa shape index (κ2) is 25.8. The van der Waals surface area contributed by atoms with Gasteiger partial charge in [-0.2, -0.15) is 0 Å². The fourth-order valence-corrected chi connectivity index (χ4v) is 6.19. The third-order valence-corrected chi connectivity index (χ3v) is 10.2. The first-order valence-electron chi connectivity index (χ1n) is 21.1. The molecule has 3 unspecified atom stereocenters. The highest BCUT2D eigenvalue weighted by atomic mass is 16.6. The summed E-state index contributed by atoms with van der Waals surface area (Å²) in [6.45, 7) is 11.5. The summed E-state index contributed by atoms with van der Waals surface area (Å²) in [5.41, 5.74) is 4.96. The number of anilines is 3. The fraction of sp³-hybridized carbons (Fsp3) is 0.438. The van der Waals surface area contributed by atoms with E-state index in [-0.39, 0.29) is 58.9 Å². The molecule has 0 bridgehead atoms. The van der Waals surface area contributed by atoms with E-state index in [1.54, 1.807) is 39.0 Å². The summed E-state index contributed by atoms with van der Waals surface area (Å²) in [6, 6.07) is 22.9. The highest BCUT2D eigenvalue weighted by Crippen LogP contribution is 2.28. The standard InChI is InChI=1S/C48H63N3O12/c1-7-34(4)58-28-43(25-52)61-46(55)22-37-10-16-40(17-11-37)49-31-50(41-18-12-38(13-19-41)23-47(56)62-44(26-53)29-59-35(5)8-2)33-51(32-49)42-20-14-39(15-21-42)24-48(57)63-45(27-54)30-60-36(6)9-3/h7-21,43-45,52-54H,22-33H2,1-6H3/b34-7+,35-8+,36-9+. The van der Waals surface area contributed by atoms with Crippen LogP contribution in [0.4, 0.5) is 17.1 Å². The molecule has 15 heteroatoms. The van der Waals surface area contributed by atoms with Crippen molar-refractivity contribution in [3.63, 3.8) is 0 Å². The lowest BCUT2D eigenvalue weighted by Gasteiger charge is -2.45. The molecule has 1 aliphatic rings. The summed E-state index contributed by atoms with van der Waals surface area (Å²) < 4.78 is 32.9. The Morgan fingerprint density at radius 1 is 0.476 bits per heavy atom. The number of carbonyl (C=O) groups excluding carboxylic acids is 3. The molecule has 3 aromatic rings. The topological polar surface area (TPSA) is 177 Å². The Morgan fingerprint density at radius 2 is 0.714 bits per heavy atom. The first-order chi connectivity index (χ1) is 30.4. The van der Waals surface area contributed by atoms with Gasteiger partial charge in [0.2, 0.25) is 0 Å². The van der Waals surface area contributed by atoms with Crippen LogP contribution in [0.2, 0.25) is 0 Å². The number of nitrogens with zero attached hydrogens (tertiary/aromatic N) is 3. The van der Waals surface area contributed by atoms with Crippen molar-refractivity contribution in [3.05, 3.63) is 125 Å². The highest BCUT2D eigenvalue weighted by Gasteiger charge is 2.26. The SMILES string of the molecule is C/C=C(\C)OCC(CO)OC(=O)Cc1ccc(N2CN(c3ccc(CC(=O)OC(CO)CO/C(C)=C/C)cc3)CN(c3ccc(CC(=O)OC(CO)CO/C(C)=C/C)cc3)C2)cc1. The number of ether oxygens (including phenoxy) is 6. The minimum Gasteiger partial charge on any atom is -0.495 e. The van der Waals surface area contributed by atoms with E-state index in [0.717, 1.165) is 33.8 Å². The lowest BCUT2D eigenvalue weighted by molar-refractivity contribution is -0.153. The van der Waals surface area contributed by atoms with Crippen molar-refractivity contribution in [1.82, 2.24) is 0 Å². The lowest BCUT2D eigenvalue weighted by atomic mass is 10.1. The van der Waals surface area contributed by atoms with Gasteiger partial charge < -0.3 is 58.4 Å². The summed E-state index contributed by atoms with van der Waals surface area (Å²) >= 11 is 0. The van der Waals surface area contributed by atoms with E-state index in [4.69, 9.17) is 28.4 Å². The molecule has 342 valence electrons. The van der Waals surface area contributed by atoms with Crippen LogP contribution >= 0.6 is 0 Å². The van der Waals surface area contributed by atoms with Gasteiger partial charge in [0.1, 0.15) is 19.8 Å². The average molecular weight is 874 g/mol. The summed E-state index contributed by atoms with van der Waals surface area (Å²) in [5.74, 6) is 0.583. The zero-order valence-electron chi connectivity index (χ0n) is 37.2. The van der Waals surface area contributed by atoms with E-state index >= 15 is 0 Å². The van der Waals surface area contributed by atoms with Crippen LogP contribution in [-0.2, 0) is 62.1 Å². The van der Waals surface area contributed by atoms with E-state index in [2.05, 4.69) is 14.7 Å². The molecule has 1 heterocycles. The number of allylic oxidation sites excluding steroid dienone is 6. The molecule has 1 aliphatic heterocycles. The van der Waals surface area contributed by atoms with Crippen LogP contribution < -0.4 is 14.7 Å². The van der Waals surface area contributed by atoms with Gasteiger partial charge in [0, 0.05) is 17.1 Å². The minimum absolute atomic E-state index is 0.0199. The second-order valence-electron chi connectivity index (χ2n) is 15.1. The maximum absolute atomic E-state index is 12.8. The Kier molecular flexibility index (Phi) is 20.3. The summed E-state index contributed by atoms with van der Waals surface area (Å²) in [7, 11) is 0. The predicted molar refractivity (Wildman–Crippen MR) is 240 cm³/mol. The van der Waals surface area contributed by atoms with E-state index in [0.29, 0.717) is 37.3 Å². The molecule has 0 spiro atoms. The molecule has 3 aromatic carbocycles. The van der Waals surface area contributed by atoms with Crippen molar-refractivity contribution in [2.75, 3.05) is 74.3 Å².